The number of benzene rings is 1. The lowest BCUT2D eigenvalue weighted by Crippen LogP contribution is -2.28. The highest BCUT2D eigenvalue weighted by Gasteiger charge is 2.40. The summed E-state index contributed by atoms with van der Waals surface area (Å²) >= 11 is 0. The number of ether oxygens (including phenoxy) is 1. The number of nitrogens with zero attached hydrogens (tertiary/aromatic N) is 1. The molecule has 0 radical (unpaired) electrons. The van der Waals surface area contributed by atoms with Gasteiger partial charge in [0, 0.05) is 17.9 Å². The number of hydrogen-bond donors (Lipinski definition) is 0. The third-order valence-corrected chi connectivity index (χ3v) is 7.02. The van der Waals surface area contributed by atoms with E-state index in [-0.39, 0.29) is 5.97 Å². The summed E-state index contributed by atoms with van der Waals surface area (Å²) in [5, 5.41) is 0. The van der Waals surface area contributed by atoms with Crippen LogP contribution in [0.15, 0.2) is 16.1 Å². The summed E-state index contributed by atoms with van der Waals surface area (Å²) in [5.41, 5.74) is 9.02. The van der Waals surface area contributed by atoms with Gasteiger partial charge in [-0.25, -0.2) is 4.98 Å². The molecule has 0 saturated heterocycles. The molecule has 29 heavy (non-hydrogen) atoms. The second-order valence-electron chi connectivity index (χ2n) is 9.38. The first kappa shape index (κ1) is 20.2. The Morgan fingerprint density at radius 2 is 1.97 bits per heavy atom. The van der Waals surface area contributed by atoms with Crippen LogP contribution >= 0.6 is 0 Å². The van der Waals surface area contributed by atoms with Crippen molar-refractivity contribution in [3.05, 3.63) is 39.8 Å². The topological polar surface area (TPSA) is 52.3 Å². The van der Waals surface area contributed by atoms with Gasteiger partial charge in [0.25, 0.3) is 0 Å². The first-order valence-corrected chi connectivity index (χ1v) is 11.0. The predicted octanol–water partition coefficient (Wildman–Crippen LogP) is 6.31. The van der Waals surface area contributed by atoms with Gasteiger partial charge in [0.05, 0.1) is 13.5 Å². The number of hydrogen-bond acceptors (Lipinski definition) is 4. The normalized spacial score (nSPS) is 25.6. The van der Waals surface area contributed by atoms with Gasteiger partial charge in [-0.2, -0.15) is 0 Å². The summed E-state index contributed by atoms with van der Waals surface area (Å²) in [6.45, 7) is 11.3. The Bertz CT molecular complexity index is 980. The van der Waals surface area contributed by atoms with Crippen LogP contribution in [-0.2, 0) is 16.0 Å². The van der Waals surface area contributed by atoms with Crippen molar-refractivity contribution in [1.82, 2.24) is 4.98 Å². The second kappa shape index (κ2) is 7.62. The lowest BCUT2D eigenvalue weighted by atomic mass is 9.62. The first-order valence-electron chi connectivity index (χ1n) is 11.0. The molecule has 2 aromatic rings. The van der Waals surface area contributed by atoms with E-state index in [9.17, 15) is 4.79 Å². The molecule has 0 N–H and O–H groups in total. The van der Waals surface area contributed by atoms with E-state index in [1.54, 1.807) is 5.56 Å². The molecule has 0 amide bonds. The first-order chi connectivity index (χ1) is 13.8. The monoisotopic (exact) mass is 395 g/mol. The minimum absolute atomic E-state index is 0.226. The van der Waals surface area contributed by atoms with E-state index >= 15 is 0 Å². The van der Waals surface area contributed by atoms with Gasteiger partial charge in [-0.05, 0) is 74.5 Å². The molecule has 0 bridgehead atoms. The summed E-state index contributed by atoms with van der Waals surface area (Å²) < 4.78 is 11.1. The maximum absolute atomic E-state index is 11.6. The molecule has 1 heterocycles. The SMILES string of the molecule is COC(=O)CCc1nc2c(C)c3c4c(c2o1)C(C)CCC4C(C)CC3C=C(C)C. The highest BCUT2D eigenvalue weighted by Crippen LogP contribution is 2.55. The number of esters is 1. The fraction of sp³-hybridized carbons (Fsp3) is 0.600. The molecule has 4 heteroatoms. The number of aromatic nitrogens is 1. The van der Waals surface area contributed by atoms with Crippen molar-refractivity contribution >= 4 is 17.1 Å². The zero-order valence-electron chi connectivity index (χ0n) is 18.6. The van der Waals surface area contributed by atoms with Crippen molar-refractivity contribution < 1.29 is 13.9 Å². The average Bonchev–Trinajstić information content (AvgIpc) is 3.09. The predicted molar refractivity (Wildman–Crippen MR) is 115 cm³/mol. The van der Waals surface area contributed by atoms with Crippen molar-refractivity contribution in [1.29, 1.82) is 0 Å². The quantitative estimate of drug-likeness (QED) is 0.449. The Morgan fingerprint density at radius 3 is 2.66 bits per heavy atom. The molecule has 1 aromatic carbocycles. The number of carbonyl (C=O) groups excluding carboxylic acids is 1. The fourth-order valence-corrected chi connectivity index (χ4v) is 5.71. The van der Waals surface area contributed by atoms with Crippen molar-refractivity contribution in [2.24, 2.45) is 5.92 Å². The summed E-state index contributed by atoms with van der Waals surface area (Å²) in [4.78, 5) is 16.4. The largest absolute Gasteiger partial charge is 0.469 e. The molecule has 156 valence electrons. The molecule has 4 unspecified atom stereocenters. The average molecular weight is 396 g/mol. The molecule has 4 nitrogen and oxygen atoms in total. The van der Waals surface area contributed by atoms with Crippen LogP contribution in [0.3, 0.4) is 0 Å². The molecular weight excluding hydrogens is 362 g/mol. The third-order valence-electron chi connectivity index (χ3n) is 7.02. The van der Waals surface area contributed by atoms with Crippen LogP contribution in [0.5, 0.6) is 0 Å². The van der Waals surface area contributed by atoms with E-state index in [2.05, 4.69) is 40.7 Å². The highest BCUT2D eigenvalue weighted by atomic mass is 16.5. The summed E-state index contributed by atoms with van der Waals surface area (Å²) in [6, 6.07) is 0. The Labute approximate surface area is 173 Å². The van der Waals surface area contributed by atoms with E-state index in [1.807, 2.05) is 0 Å². The van der Waals surface area contributed by atoms with E-state index in [4.69, 9.17) is 14.1 Å². The number of methoxy groups -OCH3 is 1. The van der Waals surface area contributed by atoms with Crippen LogP contribution in [0.1, 0.15) is 99.3 Å². The molecule has 0 saturated carbocycles. The van der Waals surface area contributed by atoms with Gasteiger partial charge in [0.1, 0.15) is 5.52 Å². The van der Waals surface area contributed by atoms with Gasteiger partial charge in [0.15, 0.2) is 11.5 Å². The van der Waals surface area contributed by atoms with Crippen molar-refractivity contribution in [2.75, 3.05) is 7.11 Å². The zero-order valence-corrected chi connectivity index (χ0v) is 18.6. The summed E-state index contributed by atoms with van der Waals surface area (Å²) in [7, 11) is 1.42. The van der Waals surface area contributed by atoms with Crippen molar-refractivity contribution in [2.45, 2.75) is 84.5 Å². The Kier molecular flexibility index (Phi) is 5.30. The van der Waals surface area contributed by atoms with Crippen molar-refractivity contribution in [3.63, 3.8) is 0 Å². The molecule has 0 spiro atoms. The van der Waals surface area contributed by atoms with Gasteiger partial charge >= 0.3 is 5.97 Å². The molecule has 4 rings (SSSR count). The molecule has 2 aliphatic carbocycles. The van der Waals surface area contributed by atoms with Gasteiger partial charge in [-0.15, -0.1) is 0 Å². The van der Waals surface area contributed by atoms with Crippen LogP contribution in [0.2, 0.25) is 0 Å². The smallest absolute Gasteiger partial charge is 0.306 e. The minimum atomic E-state index is -0.226. The lowest BCUT2D eigenvalue weighted by molar-refractivity contribution is -0.140. The van der Waals surface area contributed by atoms with Gasteiger partial charge in [-0.1, -0.05) is 25.5 Å². The lowest BCUT2D eigenvalue weighted by Gasteiger charge is -2.42. The zero-order chi connectivity index (χ0) is 20.9. The maximum atomic E-state index is 11.6. The van der Waals surface area contributed by atoms with Crippen LogP contribution in [-0.4, -0.2) is 18.1 Å². The number of allylic oxidation sites excluding steroid dienone is 2. The number of oxazole rings is 1. The number of aryl methyl sites for hydroxylation is 2. The Hall–Kier alpha value is -2.10. The molecule has 1 aromatic heterocycles. The van der Waals surface area contributed by atoms with Crippen LogP contribution in [0.25, 0.3) is 11.1 Å². The van der Waals surface area contributed by atoms with Gasteiger partial charge < -0.3 is 9.15 Å². The molecule has 2 aliphatic rings. The fourth-order valence-electron chi connectivity index (χ4n) is 5.71. The highest BCUT2D eigenvalue weighted by molar-refractivity contribution is 5.85. The standard InChI is InChI=1S/C25H33NO3/c1-13(2)11-17-12-15(4)18-8-7-14(3)21-23(18)22(17)16(5)24-25(21)29-19(26-24)9-10-20(27)28-6/h11,14-15,17-18H,7-10,12H2,1-6H3. The van der Waals surface area contributed by atoms with E-state index in [1.165, 1.54) is 48.6 Å². The second-order valence-corrected chi connectivity index (χ2v) is 9.38. The van der Waals surface area contributed by atoms with Crippen LogP contribution in [0.4, 0.5) is 0 Å². The number of rotatable bonds is 4. The summed E-state index contributed by atoms with van der Waals surface area (Å²) in [5.74, 6) is 2.63. The maximum Gasteiger partial charge on any atom is 0.306 e. The summed E-state index contributed by atoms with van der Waals surface area (Å²) in [6.07, 6.45) is 6.89. The Morgan fingerprint density at radius 1 is 1.21 bits per heavy atom. The van der Waals surface area contributed by atoms with Gasteiger partial charge in [-0.3, -0.25) is 4.79 Å². The van der Waals surface area contributed by atoms with E-state index in [0.29, 0.717) is 42.4 Å². The minimum Gasteiger partial charge on any atom is -0.469 e. The van der Waals surface area contributed by atoms with E-state index in [0.717, 1.165) is 11.1 Å². The number of carbonyl (C=O) groups is 1. The molecule has 0 fully saturated rings. The Balaban J connectivity index is 1.93. The molecule has 4 atom stereocenters. The molecular formula is C25H33NO3. The van der Waals surface area contributed by atoms with Crippen LogP contribution in [0, 0.1) is 12.8 Å². The molecule has 0 aliphatic heterocycles. The van der Waals surface area contributed by atoms with Gasteiger partial charge in [0.2, 0.25) is 0 Å². The van der Waals surface area contributed by atoms with E-state index < -0.39 is 0 Å². The number of fused-ring (bicyclic) bond motifs is 2. The van der Waals surface area contributed by atoms with Crippen LogP contribution < -0.4 is 0 Å². The third kappa shape index (κ3) is 3.41. The van der Waals surface area contributed by atoms with Crippen molar-refractivity contribution in [3.8, 4) is 0 Å².